The van der Waals surface area contributed by atoms with E-state index >= 15 is 0 Å². The Morgan fingerprint density at radius 3 is 2.75 bits per heavy atom. The summed E-state index contributed by atoms with van der Waals surface area (Å²) in [6.45, 7) is 0.486. The molecule has 0 aliphatic heterocycles. The van der Waals surface area contributed by atoms with Gasteiger partial charge in [-0.2, -0.15) is 0 Å². The zero-order valence-corrected chi connectivity index (χ0v) is 15.7. The number of carbonyl (C=O) groups excluding carboxylic acids is 1. The van der Waals surface area contributed by atoms with Gasteiger partial charge in [-0.25, -0.2) is 4.98 Å². The summed E-state index contributed by atoms with van der Waals surface area (Å²) in [4.78, 5) is 17.3. The van der Waals surface area contributed by atoms with E-state index in [0.717, 1.165) is 17.8 Å². The molecule has 5 nitrogen and oxygen atoms in total. The number of halogens is 2. The normalized spacial score (nSPS) is 15.9. The molecule has 8 heteroatoms. The van der Waals surface area contributed by atoms with Gasteiger partial charge in [-0.3, -0.25) is 4.79 Å². The summed E-state index contributed by atoms with van der Waals surface area (Å²) >= 11 is 1.34. The maximum absolute atomic E-state index is 12.4. The van der Waals surface area contributed by atoms with Crippen molar-refractivity contribution < 1.29 is 9.21 Å². The Balaban J connectivity index is 0.00000144. The van der Waals surface area contributed by atoms with Crippen molar-refractivity contribution in [3.8, 4) is 10.8 Å². The van der Waals surface area contributed by atoms with E-state index in [9.17, 15) is 4.79 Å². The van der Waals surface area contributed by atoms with E-state index in [4.69, 9.17) is 10.2 Å². The summed E-state index contributed by atoms with van der Waals surface area (Å²) in [7, 11) is 0. The first-order chi connectivity index (χ1) is 10.8. The van der Waals surface area contributed by atoms with Crippen LogP contribution in [0.2, 0.25) is 0 Å². The Labute approximate surface area is 158 Å². The molecule has 1 saturated carbocycles. The van der Waals surface area contributed by atoms with E-state index in [0.29, 0.717) is 23.1 Å². The van der Waals surface area contributed by atoms with Crippen LogP contribution in [-0.2, 0) is 0 Å². The van der Waals surface area contributed by atoms with Crippen LogP contribution in [0.15, 0.2) is 29.0 Å². The van der Waals surface area contributed by atoms with Crippen molar-refractivity contribution in [2.75, 3.05) is 6.54 Å². The molecule has 2 aromatic heterocycles. The number of nitrogens with two attached hydrogens (primary N) is 1. The molecule has 1 atom stereocenters. The van der Waals surface area contributed by atoms with E-state index in [1.165, 1.54) is 30.6 Å². The molecule has 0 saturated heterocycles. The van der Waals surface area contributed by atoms with E-state index in [1.54, 1.807) is 12.5 Å². The molecule has 0 aromatic carbocycles. The van der Waals surface area contributed by atoms with Gasteiger partial charge in [0.15, 0.2) is 10.8 Å². The molecule has 1 aliphatic carbocycles. The Bertz CT molecular complexity index is 613. The predicted molar refractivity (Wildman–Crippen MR) is 101 cm³/mol. The van der Waals surface area contributed by atoms with Gasteiger partial charge < -0.3 is 15.5 Å². The molecule has 1 aliphatic rings. The average Bonchev–Trinajstić information content (AvgIpc) is 3.23. The van der Waals surface area contributed by atoms with Gasteiger partial charge in [-0.15, -0.1) is 36.2 Å². The lowest BCUT2D eigenvalue weighted by atomic mass is 9.84. The van der Waals surface area contributed by atoms with Crippen LogP contribution in [-0.4, -0.2) is 23.5 Å². The second-order valence-electron chi connectivity index (χ2n) is 5.72. The minimum atomic E-state index is -0.0867. The van der Waals surface area contributed by atoms with Gasteiger partial charge in [0, 0.05) is 12.6 Å². The van der Waals surface area contributed by atoms with Crippen molar-refractivity contribution >= 4 is 42.1 Å². The van der Waals surface area contributed by atoms with E-state index < -0.39 is 0 Å². The monoisotopic (exact) mass is 391 g/mol. The van der Waals surface area contributed by atoms with Crippen molar-refractivity contribution in [2.24, 2.45) is 11.7 Å². The Morgan fingerprint density at radius 1 is 1.38 bits per heavy atom. The molecule has 1 fully saturated rings. The lowest BCUT2D eigenvalue weighted by Crippen LogP contribution is -2.45. The van der Waals surface area contributed by atoms with Crippen molar-refractivity contribution in [1.82, 2.24) is 10.3 Å². The molecular formula is C16H23Cl2N3O2S. The van der Waals surface area contributed by atoms with Gasteiger partial charge in [0.2, 0.25) is 0 Å². The third-order valence-electron chi connectivity index (χ3n) is 4.25. The van der Waals surface area contributed by atoms with Crippen LogP contribution in [0, 0.1) is 5.92 Å². The fourth-order valence-corrected chi connectivity index (χ4v) is 3.83. The van der Waals surface area contributed by atoms with Gasteiger partial charge in [0.25, 0.3) is 5.91 Å². The van der Waals surface area contributed by atoms with Crippen molar-refractivity contribution in [1.29, 1.82) is 0 Å². The highest BCUT2D eigenvalue weighted by atomic mass is 35.5. The Morgan fingerprint density at radius 2 is 2.12 bits per heavy atom. The molecule has 3 N–H and O–H groups in total. The second-order valence-corrected chi connectivity index (χ2v) is 6.75. The van der Waals surface area contributed by atoms with Crippen molar-refractivity contribution in [2.45, 2.75) is 38.1 Å². The Hall–Kier alpha value is -1.08. The minimum absolute atomic E-state index is 0. The summed E-state index contributed by atoms with van der Waals surface area (Å²) < 4.78 is 5.31. The highest BCUT2D eigenvalue weighted by molar-refractivity contribution is 7.16. The molecule has 24 heavy (non-hydrogen) atoms. The van der Waals surface area contributed by atoms with Crippen LogP contribution in [0.3, 0.4) is 0 Å². The standard InChI is InChI=1S/C16H21N3O2S.2ClH/c17-9-12(11-5-2-1-3-6-11)19-15(20)14-10-18-16(22-14)13-7-4-8-21-13;;/h4,7-8,10-12H,1-3,5-6,9,17H2,(H,19,20);2*1H. The van der Waals surface area contributed by atoms with Crippen molar-refractivity contribution in [3.05, 3.63) is 29.5 Å². The summed E-state index contributed by atoms with van der Waals surface area (Å²) in [5.41, 5.74) is 5.87. The lowest BCUT2D eigenvalue weighted by molar-refractivity contribution is 0.0919. The number of thiazole rings is 1. The smallest absolute Gasteiger partial charge is 0.263 e. The molecule has 134 valence electrons. The van der Waals surface area contributed by atoms with Crippen LogP contribution >= 0.6 is 36.2 Å². The first-order valence-corrected chi connectivity index (χ1v) is 8.60. The van der Waals surface area contributed by atoms with Gasteiger partial charge in [0.05, 0.1) is 12.5 Å². The van der Waals surface area contributed by atoms with E-state index in [2.05, 4.69) is 10.3 Å². The summed E-state index contributed by atoms with van der Waals surface area (Å²) in [6.07, 6.45) is 9.28. The van der Waals surface area contributed by atoms with E-state index in [1.807, 2.05) is 12.1 Å². The van der Waals surface area contributed by atoms with Gasteiger partial charge in [-0.1, -0.05) is 19.3 Å². The average molecular weight is 392 g/mol. The first kappa shape index (κ1) is 21.0. The third kappa shape index (κ3) is 4.96. The molecular weight excluding hydrogens is 369 g/mol. The van der Waals surface area contributed by atoms with Crippen LogP contribution in [0.25, 0.3) is 10.8 Å². The number of hydrogen-bond acceptors (Lipinski definition) is 5. The minimum Gasteiger partial charge on any atom is -0.462 e. The SMILES string of the molecule is Cl.Cl.NCC(NC(=O)c1cnc(-c2ccco2)s1)C1CCCCC1. The fourth-order valence-electron chi connectivity index (χ4n) is 3.04. The Kier molecular flexibility index (Phi) is 8.76. The largest absolute Gasteiger partial charge is 0.462 e. The zero-order valence-electron chi connectivity index (χ0n) is 13.3. The summed E-state index contributed by atoms with van der Waals surface area (Å²) in [5.74, 6) is 1.10. The molecule has 1 unspecified atom stereocenters. The van der Waals surface area contributed by atoms with E-state index in [-0.39, 0.29) is 36.8 Å². The lowest BCUT2D eigenvalue weighted by Gasteiger charge is -2.29. The number of carbonyl (C=O) groups is 1. The van der Waals surface area contributed by atoms with Crippen LogP contribution in [0.5, 0.6) is 0 Å². The van der Waals surface area contributed by atoms with Gasteiger partial charge in [-0.05, 0) is 30.9 Å². The zero-order chi connectivity index (χ0) is 15.4. The number of aromatic nitrogens is 1. The number of nitrogens with zero attached hydrogens (tertiary/aromatic N) is 1. The fraction of sp³-hybridized carbons (Fsp3) is 0.500. The van der Waals surface area contributed by atoms with Gasteiger partial charge >= 0.3 is 0 Å². The third-order valence-corrected chi connectivity index (χ3v) is 5.26. The second kappa shape index (κ2) is 10.0. The maximum Gasteiger partial charge on any atom is 0.263 e. The van der Waals surface area contributed by atoms with Gasteiger partial charge in [0.1, 0.15) is 4.88 Å². The molecule has 0 spiro atoms. The van der Waals surface area contributed by atoms with Crippen LogP contribution in [0.4, 0.5) is 0 Å². The number of furan rings is 1. The molecule has 3 rings (SSSR count). The summed E-state index contributed by atoms with van der Waals surface area (Å²) in [6, 6.07) is 3.71. The van der Waals surface area contributed by atoms with Crippen molar-refractivity contribution in [3.63, 3.8) is 0 Å². The van der Waals surface area contributed by atoms with Crippen LogP contribution in [0.1, 0.15) is 41.8 Å². The molecule has 2 aromatic rings. The number of amides is 1. The molecule has 2 heterocycles. The number of rotatable bonds is 5. The topological polar surface area (TPSA) is 81.1 Å². The number of hydrogen-bond donors (Lipinski definition) is 2. The highest BCUT2D eigenvalue weighted by Gasteiger charge is 2.25. The first-order valence-electron chi connectivity index (χ1n) is 7.78. The molecule has 1 amide bonds. The molecule has 0 bridgehead atoms. The predicted octanol–water partition coefficient (Wildman–Crippen LogP) is 3.88. The maximum atomic E-state index is 12.4. The number of nitrogens with one attached hydrogen (secondary N) is 1. The quantitative estimate of drug-likeness (QED) is 0.809. The molecule has 0 radical (unpaired) electrons. The summed E-state index contributed by atoms with van der Waals surface area (Å²) in [5, 5.41) is 3.81. The highest BCUT2D eigenvalue weighted by Crippen LogP contribution is 2.28. The van der Waals surface area contributed by atoms with Crippen LogP contribution < -0.4 is 11.1 Å².